The third-order valence-electron chi connectivity index (χ3n) is 3.59. The Morgan fingerprint density at radius 2 is 2.05 bits per heavy atom. The van der Waals surface area contributed by atoms with Crippen molar-refractivity contribution in [2.75, 3.05) is 13.1 Å². The van der Waals surface area contributed by atoms with E-state index in [0.29, 0.717) is 30.2 Å². The highest BCUT2D eigenvalue weighted by Gasteiger charge is 2.32. The number of sulfonamides is 1. The van der Waals surface area contributed by atoms with Gasteiger partial charge in [-0.25, -0.2) is 8.42 Å². The van der Waals surface area contributed by atoms with Gasteiger partial charge >= 0.3 is 0 Å². The summed E-state index contributed by atoms with van der Waals surface area (Å²) in [4.78, 5) is 0.237. The van der Waals surface area contributed by atoms with E-state index in [0.717, 1.165) is 6.42 Å². The molecule has 0 amide bonds. The molecule has 110 valence electrons. The highest BCUT2D eigenvalue weighted by Crippen LogP contribution is 2.24. The summed E-state index contributed by atoms with van der Waals surface area (Å²) in [7, 11) is -3.52. The van der Waals surface area contributed by atoms with E-state index in [9.17, 15) is 8.42 Å². The van der Waals surface area contributed by atoms with Gasteiger partial charge in [-0.3, -0.25) is 0 Å². The highest BCUT2D eigenvalue weighted by molar-refractivity contribution is 7.89. The number of halogens is 1. The highest BCUT2D eigenvalue weighted by atomic mass is 35.5. The van der Waals surface area contributed by atoms with Crippen molar-refractivity contribution in [2.24, 2.45) is 11.1 Å². The van der Waals surface area contributed by atoms with E-state index >= 15 is 0 Å². The van der Waals surface area contributed by atoms with Crippen LogP contribution in [0.5, 0.6) is 0 Å². The molecule has 1 fully saturated rings. The van der Waals surface area contributed by atoms with E-state index in [4.69, 9.17) is 16.8 Å². The Morgan fingerprint density at radius 1 is 1.40 bits per heavy atom. The van der Waals surface area contributed by atoms with Crippen molar-refractivity contribution in [2.45, 2.75) is 24.7 Å². The summed E-state index contributed by atoms with van der Waals surface area (Å²) in [6.07, 6.45) is 1.20. The minimum atomic E-state index is -3.52. The predicted molar refractivity (Wildman–Crippen MR) is 77.8 cm³/mol. The Balaban J connectivity index is 2.25. The maximum absolute atomic E-state index is 12.5. The van der Waals surface area contributed by atoms with E-state index in [-0.39, 0.29) is 10.8 Å². The molecule has 0 spiro atoms. The fraction of sp³-hybridized carbons (Fsp3) is 0.462. The molecule has 7 heteroatoms. The largest absolute Gasteiger partial charge is 0.411 e. The van der Waals surface area contributed by atoms with Crippen molar-refractivity contribution in [3.63, 3.8) is 0 Å². The topological polar surface area (TPSA) is 70.0 Å². The summed E-state index contributed by atoms with van der Waals surface area (Å²) < 4.78 is 26.5. The molecule has 1 aliphatic rings. The number of piperidine rings is 1. The van der Waals surface area contributed by atoms with Crippen LogP contribution in [0.3, 0.4) is 0 Å². The zero-order valence-corrected chi connectivity index (χ0v) is 12.7. The zero-order chi connectivity index (χ0) is 14.8. The van der Waals surface area contributed by atoms with Gasteiger partial charge in [0, 0.05) is 30.5 Å². The minimum Gasteiger partial charge on any atom is -0.411 e. The van der Waals surface area contributed by atoms with Crippen LogP contribution in [-0.2, 0) is 10.0 Å². The summed E-state index contributed by atoms with van der Waals surface area (Å²) >= 11 is 5.78. The van der Waals surface area contributed by atoms with Crippen LogP contribution in [0.15, 0.2) is 34.3 Å². The molecular formula is C13H17ClN2O3S. The number of nitrogens with zero attached hydrogens (tertiary/aromatic N) is 2. The first-order valence-electron chi connectivity index (χ1n) is 6.45. The van der Waals surface area contributed by atoms with Crippen molar-refractivity contribution in [1.29, 1.82) is 0 Å². The molecule has 20 heavy (non-hydrogen) atoms. The normalized spacial score (nSPS) is 23.1. The van der Waals surface area contributed by atoms with Crippen molar-refractivity contribution < 1.29 is 13.6 Å². The second-order valence-electron chi connectivity index (χ2n) is 4.76. The molecular weight excluding hydrogens is 300 g/mol. The fourth-order valence-electron chi connectivity index (χ4n) is 2.36. The summed E-state index contributed by atoms with van der Waals surface area (Å²) in [6.45, 7) is 2.63. The first-order chi connectivity index (χ1) is 9.48. The van der Waals surface area contributed by atoms with Gasteiger partial charge in [-0.15, -0.1) is 0 Å². The van der Waals surface area contributed by atoms with Gasteiger partial charge < -0.3 is 5.21 Å². The van der Waals surface area contributed by atoms with Crippen LogP contribution in [0, 0.1) is 5.92 Å². The molecule has 0 bridgehead atoms. The Labute approximate surface area is 123 Å². The molecule has 1 atom stereocenters. The molecule has 1 heterocycles. The van der Waals surface area contributed by atoms with Gasteiger partial charge in [0.25, 0.3) is 0 Å². The van der Waals surface area contributed by atoms with Crippen molar-refractivity contribution in [1.82, 2.24) is 4.31 Å². The zero-order valence-electron chi connectivity index (χ0n) is 11.2. The van der Waals surface area contributed by atoms with Crippen LogP contribution in [-0.4, -0.2) is 36.7 Å². The van der Waals surface area contributed by atoms with E-state index in [2.05, 4.69) is 5.16 Å². The molecule has 1 N–H and O–H groups in total. The lowest BCUT2D eigenvalue weighted by atomic mass is 9.95. The van der Waals surface area contributed by atoms with E-state index in [1.54, 1.807) is 12.1 Å². The molecule has 1 aromatic rings. The predicted octanol–water partition coefficient (Wildman–Crippen LogP) is 2.59. The Morgan fingerprint density at radius 3 is 2.60 bits per heavy atom. The van der Waals surface area contributed by atoms with Gasteiger partial charge in [0.05, 0.1) is 10.6 Å². The Kier molecular flexibility index (Phi) is 4.67. The van der Waals surface area contributed by atoms with Crippen molar-refractivity contribution in [3.8, 4) is 0 Å². The monoisotopic (exact) mass is 316 g/mol. The number of hydrogen-bond acceptors (Lipinski definition) is 4. The molecule has 5 nitrogen and oxygen atoms in total. The van der Waals surface area contributed by atoms with Gasteiger partial charge in [0.15, 0.2) is 0 Å². The van der Waals surface area contributed by atoms with Crippen LogP contribution in [0.25, 0.3) is 0 Å². The fourth-order valence-corrected chi connectivity index (χ4v) is 3.97. The first kappa shape index (κ1) is 15.3. The number of oxime groups is 1. The third kappa shape index (κ3) is 2.97. The van der Waals surface area contributed by atoms with Crippen molar-refractivity contribution >= 4 is 27.3 Å². The summed E-state index contributed by atoms with van der Waals surface area (Å²) in [5, 5.41) is 12.7. The lowest BCUT2D eigenvalue weighted by Crippen LogP contribution is -2.43. The quantitative estimate of drug-likeness (QED) is 0.688. The van der Waals surface area contributed by atoms with Crippen LogP contribution in [0.2, 0.25) is 5.02 Å². The molecule has 0 saturated carbocycles. The van der Waals surface area contributed by atoms with Gasteiger partial charge in [0.1, 0.15) is 0 Å². The van der Waals surface area contributed by atoms with Crippen LogP contribution in [0.1, 0.15) is 19.8 Å². The number of rotatable bonds is 3. The third-order valence-corrected chi connectivity index (χ3v) is 5.72. The Bertz CT molecular complexity index is 599. The lowest BCUT2D eigenvalue weighted by Gasteiger charge is -2.31. The van der Waals surface area contributed by atoms with Crippen LogP contribution >= 0.6 is 11.6 Å². The minimum absolute atomic E-state index is 0.0316. The van der Waals surface area contributed by atoms with Crippen LogP contribution < -0.4 is 0 Å². The maximum atomic E-state index is 12.5. The summed E-state index contributed by atoms with van der Waals surface area (Å²) in [5.41, 5.74) is 0.676. The molecule has 0 aliphatic carbocycles. The Hall–Kier alpha value is -1.11. The van der Waals surface area contributed by atoms with Crippen LogP contribution in [0.4, 0.5) is 0 Å². The summed E-state index contributed by atoms with van der Waals surface area (Å²) in [6, 6.07) is 6.15. The molecule has 1 aromatic carbocycles. The maximum Gasteiger partial charge on any atom is 0.243 e. The van der Waals surface area contributed by atoms with Gasteiger partial charge in [-0.1, -0.05) is 23.7 Å². The number of benzene rings is 1. The average molecular weight is 317 g/mol. The molecule has 1 saturated heterocycles. The van der Waals surface area contributed by atoms with E-state index < -0.39 is 10.0 Å². The van der Waals surface area contributed by atoms with Gasteiger partial charge in [0.2, 0.25) is 10.0 Å². The average Bonchev–Trinajstić information content (AvgIpc) is 2.46. The number of hydrogen-bond donors (Lipinski definition) is 1. The van der Waals surface area contributed by atoms with Gasteiger partial charge in [-0.2, -0.15) is 4.31 Å². The standard InChI is InChI=1S/C13H17ClN2O3S/c1-2-10-9-16(8-7-13(10)15-17)20(18,19)12-5-3-11(14)4-6-12/h3-6,10,17H,2,7-9H2,1H3/b15-13+. The lowest BCUT2D eigenvalue weighted by molar-refractivity contribution is 0.295. The molecule has 1 aliphatic heterocycles. The second-order valence-corrected chi connectivity index (χ2v) is 7.14. The van der Waals surface area contributed by atoms with Gasteiger partial charge in [-0.05, 0) is 30.7 Å². The molecule has 0 aromatic heterocycles. The first-order valence-corrected chi connectivity index (χ1v) is 8.27. The van der Waals surface area contributed by atoms with E-state index in [1.165, 1.54) is 16.4 Å². The summed E-state index contributed by atoms with van der Waals surface area (Å²) in [5.74, 6) is -0.0316. The SMILES string of the molecule is CCC1CN(S(=O)(=O)c2ccc(Cl)cc2)CC/C1=N\O. The second kappa shape index (κ2) is 6.11. The smallest absolute Gasteiger partial charge is 0.243 e. The molecule has 0 radical (unpaired) electrons. The van der Waals surface area contributed by atoms with E-state index in [1.807, 2.05) is 6.92 Å². The molecule has 1 unspecified atom stereocenters. The molecule has 2 rings (SSSR count). The van der Waals surface area contributed by atoms with Crippen molar-refractivity contribution in [3.05, 3.63) is 29.3 Å².